The molecule has 0 aliphatic rings. The van der Waals surface area contributed by atoms with Gasteiger partial charge in [-0.1, -0.05) is 31.7 Å². The molecule has 1 N–H and O–H groups in total. The fourth-order valence-electron chi connectivity index (χ4n) is 2.37. The topological polar surface area (TPSA) is 89.8 Å². The zero-order chi connectivity index (χ0) is 18.6. The number of hydrogen-bond acceptors (Lipinski definition) is 6. The monoisotopic (exact) mass is 361 g/mol. The molecule has 0 aliphatic heterocycles. The smallest absolute Gasteiger partial charge is 0.231 e. The summed E-state index contributed by atoms with van der Waals surface area (Å²) in [6, 6.07) is 5.48. The fraction of sp³-hybridized carbons (Fsp3) is 0.471. The summed E-state index contributed by atoms with van der Waals surface area (Å²) in [4.78, 5) is 23.7. The van der Waals surface area contributed by atoms with E-state index < -0.39 is 6.04 Å². The van der Waals surface area contributed by atoms with E-state index in [1.54, 1.807) is 4.68 Å². The number of Topliss-reactive ketones (excluding diaryl/α,β-unsaturated/α-hetero) is 1. The SMILES string of the molecule is CC(=O)C(NC(=O)CSc1nnnn1-c1ccc(C)c(C)c1)C(C)C. The number of carbonyl (C=O) groups excluding carboxylic acids is 2. The van der Waals surface area contributed by atoms with Crippen LogP contribution in [0.3, 0.4) is 0 Å². The van der Waals surface area contributed by atoms with E-state index in [0.717, 1.165) is 11.3 Å². The Morgan fingerprint density at radius 2 is 1.96 bits per heavy atom. The van der Waals surface area contributed by atoms with Gasteiger partial charge >= 0.3 is 0 Å². The maximum absolute atomic E-state index is 12.1. The number of benzene rings is 1. The molecule has 1 atom stereocenters. The van der Waals surface area contributed by atoms with E-state index in [0.29, 0.717) is 5.16 Å². The average Bonchev–Trinajstić information content (AvgIpc) is 3.01. The molecule has 25 heavy (non-hydrogen) atoms. The Labute approximate surface area is 151 Å². The number of tetrazole rings is 1. The molecule has 0 aliphatic carbocycles. The van der Waals surface area contributed by atoms with Crippen molar-refractivity contribution in [2.24, 2.45) is 5.92 Å². The third-order valence-electron chi connectivity index (χ3n) is 3.93. The Bertz CT molecular complexity index is 772. The number of amides is 1. The van der Waals surface area contributed by atoms with Gasteiger partial charge in [-0.25, -0.2) is 0 Å². The van der Waals surface area contributed by atoms with Gasteiger partial charge in [0.05, 0.1) is 17.5 Å². The minimum atomic E-state index is -0.469. The van der Waals surface area contributed by atoms with Gasteiger partial charge in [-0.3, -0.25) is 9.59 Å². The lowest BCUT2D eigenvalue weighted by atomic mass is 10.0. The number of aryl methyl sites for hydroxylation is 2. The Balaban J connectivity index is 2.05. The molecular weight excluding hydrogens is 338 g/mol. The fourth-order valence-corrected chi connectivity index (χ4v) is 3.07. The highest BCUT2D eigenvalue weighted by atomic mass is 32.2. The number of thioether (sulfide) groups is 1. The number of hydrogen-bond donors (Lipinski definition) is 1. The summed E-state index contributed by atoms with van der Waals surface area (Å²) in [6.07, 6.45) is 0. The van der Waals surface area contributed by atoms with Crippen molar-refractivity contribution in [2.45, 2.75) is 45.8 Å². The number of ketones is 1. The molecule has 0 spiro atoms. The second kappa shape index (κ2) is 8.24. The van der Waals surface area contributed by atoms with Gasteiger partial charge in [-0.05, 0) is 60.4 Å². The van der Waals surface area contributed by atoms with Crippen LogP contribution in [0.1, 0.15) is 31.9 Å². The quantitative estimate of drug-likeness (QED) is 0.760. The molecule has 0 bridgehead atoms. The number of rotatable bonds is 7. The number of nitrogens with one attached hydrogen (secondary N) is 1. The predicted octanol–water partition coefficient (Wildman–Crippen LogP) is 2.10. The van der Waals surface area contributed by atoms with E-state index in [9.17, 15) is 9.59 Å². The second-order valence-corrected chi connectivity index (χ2v) is 7.27. The molecule has 0 fully saturated rings. The molecule has 2 rings (SSSR count). The third kappa shape index (κ3) is 4.88. The Morgan fingerprint density at radius 1 is 1.24 bits per heavy atom. The Kier molecular flexibility index (Phi) is 6.30. The summed E-state index contributed by atoms with van der Waals surface area (Å²) < 4.78 is 1.61. The van der Waals surface area contributed by atoms with Crippen molar-refractivity contribution in [3.8, 4) is 5.69 Å². The van der Waals surface area contributed by atoms with Crippen molar-refractivity contribution in [1.82, 2.24) is 25.5 Å². The molecule has 8 heteroatoms. The first kappa shape index (κ1) is 19.1. The van der Waals surface area contributed by atoms with E-state index in [1.807, 2.05) is 45.9 Å². The van der Waals surface area contributed by atoms with E-state index >= 15 is 0 Å². The van der Waals surface area contributed by atoms with Crippen molar-refractivity contribution < 1.29 is 9.59 Å². The predicted molar refractivity (Wildman–Crippen MR) is 96.8 cm³/mol. The molecule has 1 aromatic heterocycles. The van der Waals surface area contributed by atoms with Crippen molar-refractivity contribution in [2.75, 3.05) is 5.75 Å². The molecule has 1 aromatic carbocycles. The molecule has 1 unspecified atom stereocenters. The van der Waals surface area contributed by atoms with Crippen molar-refractivity contribution in [3.63, 3.8) is 0 Å². The van der Waals surface area contributed by atoms with Crippen LogP contribution in [0, 0.1) is 19.8 Å². The van der Waals surface area contributed by atoms with Gasteiger partial charge in [0.1, 0.15) is 0 Å². The van der Waals surface area contributed by atoms with E-state index in [2.05, 4.69) is 20.8 Å². The van der Waals surface area contributed by atoms with Crippen molar-refractivity contribution in [1.29, 1.82) is 0 Å². The van der Waals surface area contributed by atoms with Crippen LogP contribution in [-0.4, -0.2) is 43.7 Å². The lowest BCUT2D eigenvalue weighted by Crippen LogP contribution is -2.44. The van der Waals surface area contributed by atoms with Gasteiger partial charge in [0.2, 0.25) is 11.1 Å². The summed E-state index contributed by atoms with van der Waals surface area (Å²) >= 11 is 1.24. The lowest BCUT2D eigenvalue weighted by Gasteiger charge is -2.19. The standard InChI is InChI=1S/C17H23N5O2S/c1-10(2)16(13(5)23)18-15(24)9-25-17-19-20-21-22(17)14-7-6-11(3)12(4)8-14/h6-8,10,16H,9H2,1-5H3,(H,18,24). The molecule has 1 amide bonds. The highest BCUT2D eigenvalue weighted by molar-refractivity contribution is 7.99. The summed E-state index contributed by atoms with van der Waals surface area (Å²) in [7, 11) is 0. The summed E-state index contributed by atoms with van der Waals surface area (Å²) in [6.45, 7) is 9.36. The highest BCUT2D eigenvalue weighted by Gasteiger charge is 2.21. The third-order valence-corrected chi connectivity index (χ3v) is 4.85. The van der Waals surface area contributed by atoms with Gasteiger partial charge in [0.15, 0.2) is 5.78 Å². The highest BCUT2D eigenvalue weighted by Crippen LogP contribution is 2.20. The van der Waals surface area contributed by atoms with Crippen LogP contribution < -0.4 is 5.32 Å². The zero-order valence-corrected chi connectivity index (χ0v) is 15.9. The van der Waals surface area contributed by atoms with Gasteiger partial charge < -0.3 is 5.32 Å². The summed E-state index contributed by atoms with van der Waals surface area (Å²) in [5, 5.41) is 15.0. The zero-order valence-electron chi connectivity index (χ0n) is 15.1. The van der Waals surface area contributed by atoms with E-state index in [4.69, 9.17) is 0 Å². The second-order valence-electron chi connectivity index (χ2n) is 6.33. The molecule has 1 heterocycles. The van der Waals surface area contributed by atoms with Crippen LogP contribution in [-0.2, 0) is 9.59 Å². The lowest BCUT2D eigenvalue weighted by molar-refractivity contribution is -0.126. The van der Waals surface area contributed by atoms with Gasteiger partial charge in [0.25, 0.3) is 0 Å². The van der Waals surface area contributed by atoms with Crippen molar-refractivity contribution in [3.05, 3.63) is 29.3 Å². The van der Waals surface area contributed by atoms with E-state index in [-0.39, 0.29) is 23.4 Å². The first-order valence-electron chi connectivity index (χ1n) is 8.08. The van der Waals surface area contributed by atoms with Crippen LogP contribution >= 0.6 is 11.8 Å². The molecule has 0 saturated carbocycles. The summed E-state index contributed by atoms with van der Waals surface area (Å²) in [5.41, 5.74) is 3.18. The average molecular weight is 361 g/mol. The number of aromatic nitrogens is 4. The van der Waals surface area contributed by atoms with Crippen molar-refractivity contribution >= 4 is 23.5 Å². The van der Waals surface area contributed by atoms with Crippen LogP contribution in [0.15, 0.2) is 23.4 Å². The maximum Gasteiger partial charge on any atom is 0.231 e. The minimum Gasteiger partial charge on any atom is -0.345 e. The first-order chi connectivity index (χ1) is 11.8. The van der Waals surface area contributed by atoms with Gasteiger partial charge in [0, 0.05) is 0 Å². The summed E-state index contributed by atoms with van der Waals surface area (Å²) in [5.74, 6) is -0.0732. The molecule has 0 saturated heterocycles. The first-order valence-corrected chi connectivity index (χ1v) is 9.06. The minimum absolute atomic E-state index is 0.0479. The Hall–Kier alpha value is -2.22. The van der Waals surface area contributed by atoms with Crippen LogP contribution in [0.2, 0.25) is 0 Å². The molecule has 2 aromatic rings. The molecular formula is C17H23N5O2S. The van der Waals surface area contributed by atoms with Crippen LogP contribution in [0.4, 0.5) is 0 Å². The number of carbonyl (C=O) groups is 2. The molecule has 0 radical (unpaired) electrons. The molecule has 7 nitrogen and oxygen atoms in total. The Morgan fingerprint density at radius 3 is 2.56 bits per heavy atom. The van der Waals surface area contributed by atoms with Crippen LogP contribution in [0.5, 0.6) is 0 Å². The van der Waals surface area contributed by atoms with Gasteiger partial charge in [-0.2, -0.15) is 4.68 Å². The maximum atomic E-state index is 12.1. The number of nitrogens with zero attached hydrogens (tertiary/aromatic N) is 4. The largest absolute Gasteiger partial charge is 0.345 e. The van der Waals surface area contributed by atoms with Crippen LogP contribution in [0.25, 0.3) is 5.69 Å². The molecule has 134 valence electrons. The van der Waals surface area contributed by atoms with Gasteiger partial charge in [-0.15, -0.1) is 5.10 Å². The van der Waals surface area contributed by atoms with E-state index in [1.165, 1.54) is 24.2 Å². The normalized spacial score (nSPS) is 12.2.